The molecule has 0 spiro atoms. The second-order valence-electron chi connectivity index (χ2n) is 7.15. The number of rotatable bonds is 8. The van der Waals surface area contributed by atoms with Crippen molar-refractivity contribution in [1.82, 2.24) is 0 Å². The van der Waals surface area contributed by atoms with Crippen LogP contribution < -0.4 is 10.1 Å². The van der Waals surface area contributed by atoms with Crippen LogP contribution in [-0.4, -0.2) is 24.1 Å². The Bertz CT molecular complexity index is 1020. The van der Waals surface area contributed by atoms with Crippen LogP contribution in [0.5, 0.6) is 5.75 Å². The first kappa shape index (κ1) is 21.0. The van der Waals surface area contributed by atoms with Gasteiger partial charge in [0.25, 0.3) is 0 Å². The summed E-state index contributed by atoms with van der Waals surface area (Å²) in [6, 6.07) is 22.4. The number of carbonyl (C=O) groups is 3. The Balaban J connectivity index is 1.55. The van der Waals surface area contributed by atoms with Gasteiger partial charge in [0.2, 0.25) is 5.91 Å². The Hall–Kier alpha value is -3.73. The van der Waals surface area contributed by atoms with Crippen LogP contribution >= 0.6 is 0 Å². The molecule has 0 atom stereocenters. The van der Waals surface area contributed by atoms with E-state index < -0.39 is 0 Å². The minimum Gasteiger partial charge on any atom is -0.485 e. The lowest BCUT2D eigenvalue weighted by molar-refractivity contribution is -0.118. The first-order chi connectivity index (χ1) is 14.4. The zero-order valence-corrected chi connectivity index (χ0v) is 16.9. The highest BCUT2D eigenvalue weighted by atomic mass is 16.5. The molecule has 152 valence electrons. The smallest absolute Gasteiger partial charge is 0.226 e. The molecule has 3 aromatic carbocycles. The number of anilines is 1. The Morgan fingerprint density at radius 3 is 1.93 bits per heavy atom. The molecule has 5 nitrogen and oxygen atoms in total. The lowest BCUT2D eigenvalue weighted by Gasteiger charge is -2.09. The molecule has 1 N–H and O–H groups in total. The monoisotopic (exact) mass is 401 g/mol. The van der Waals surface area contributed by atoms with E-state index in [-0.39, 0.29) is 30.0 Å². The largest absolute Gasteiger partial charge is 0.485 e. The Kier molecular flexibility index (Phi) is 6.75. The third-order valence-corrected chi connectivity index (χ3v) is 4.52. The Labute approximate surface area is 175 Å². The minimum absolute atomic E-state index is 0.0668. The number of Topliss-reactive ketones (excluding diaryl/α,β-unsaturated/α-hetero) is 1. The topological polar surface area (TPSA) is 72.5 Å². The van der Waals surface area contributed by atoms with Gasteiger partial charge in [-0.2, -0.15) is 0 Å². The van der Waals surface area contributed by atoms with E-state index in [1.54, 1.807) is 60.7 Å². The second-order valence-corrected chi connectivity index (χ2v) is 7.15. The van der Waals surface area contributed by atoms with E-state index in [0.717, 1.165) is 0 Å². The fourth-order valence-corrected chi connectivity index (χ4v) is 2.72. The standard InChI is InChI=1S/C25H23NO4/c1-17(2)25(29)26-21-12-8-18(9-13-21)23(27)16-30-22-14-10-20(11-15-22)24(28)19-6-4-3-5-7-19/h3-15,17H,16H2,1-2H3,(H,26,29). The highest BCUT2D eigenvalue weighted by Crippen LogP contribution is 2.17. The summed E-state index contributed by atoms with van der Waals surface area (Å²) >= 11 is 0. The van der Waals surface area contributed by atoms with Gasteiger partial charge in [-0.05, 0) is 48.5 Å². The molecule has 0 aliphatic carbocycles. The number of amides is 1. The number of ether oxygens (including phenoxy) is 1. The quantitative estimate of drug-likeness (QED) is 0.552. The molecule has 0 aromatic heterocycles. The summed E-state index contributed by atoms with van der Waals surface area (Å²) in [4.78, 5) is 36.5. The van der Waals surface area contributed by atoms with Gasteiger partial charge in [-0.15, -0.1) is 0 Å². The van der Waals surface area contributed by atoms with E-state index in [2.05, 4.69) is 5.32 Å². The van der Waals surface area contributed by atoms with Crippen LogP contribution in [-0.2, 0) is 4.79 Å². The molecular weight excluding hydrogens is 378 g/mol. The molecule has 0 saturated heterocycles. The lowest BCUT2D eigenvalue weighted by Crippen LogP contribution is -2.18. The normalized spacial score (nSPS) is 10.5. The highest BCUT2D eigenvalue weighted by molar-refractivity contribution is 6.09. The molecule has 1 amide bonds. The van der Waals surface area contributed by atoms with Crippen LogP contribution in [0, 0.1) is 5.92 Å². The number of nitrogens with one attached hydrogen (secondary N) is 1. The molecule has 3 aromatic rings. The zero-order valence-electron chi connectivity index (χ0n) is 16.9. The van der Waals surface area contributed by atoms with Gasteiger partial charge in [-0.1, -0.05) is 44.2 Å². The predicted octanol–water partition coefficient (Wildman–Crippen LogP) is 4.77. The number of benzene rings is 3. The number of carbonyl (C=O) groups excluding carboxylic acids is 3. The lowest BCUT2D eigenvalue weighted by atomic mass is 10.0. The van der Waals surface area contributed by atoms with E-state index in [0.29, 0.717) is 28.1 Å². The molecule has 0 aliphatic rings. The van der Waals surface area contributed by atoms with Crippen molar-refractivity contribution in [2.24, 2.45) is 5.92 Å². The number of hydrogen-bond donors (Lipinski definition) is 1. The van der Waals surface area contributed by atoms with Gasteiger partial charge in [0, 0.05) is 28.3 Å². The summed E-state index contributed by atoms with van der Waals surface area (Å²) in [5, 5.41) is 2.78. The molecule has 5 heteroatoms. The van der Waals surface area contributed by atoms with Crippen molar-refractivity contribution in [3.63, 3.8) is 0 Å². The number of hydrogen-bond acceptors (Lipinski definition) is 4. The van der Waals surface area contributed by atoms with Crippen molar-refractivity contribution in [3.05, 3.63) is 95.6 Å². The van der Waals surface area contributed by atoms with Gasteiger partial charge in [0.1, 0.15) is 5.75 Å². The maximum Gasteiger partial charge on any atom is 0.226 e. The average molecular weight is 401 g/mol. The van der Waals surface area contributed by atoms with Gasteiger partial charge in [-0.25, -0.2) is 0 Å². The molecule has 0 unspecified atom stereocenters. The Morgan fingerprint density at radius 1 is 0.767 bits per heavy atom. The molecule has 30 heavy (non-hydrogen) atoms. The van der Waals surface area contributed by atoms with E-state index in [9.17, 15) is 14.4 Å². The summed E-state index contributed by atoms with van der Waals surface area (Å²) in [7, 11) is 0. The van der Waals surface area contributed by atoms with E-state index >= 15 is 0 Å². The summed E-state index contributed by atoms with van der Waals surface area (Å²) < 4.78 is 5.56. The van der Waals surface area contributed by atoms with Gasteiger partial charge < -0.3 is 10.1 Å². The first-order valence-electron chi connectivity index (χ1n) is 9.71. The third kappa shape index (κ3) is 5.41. The van der Waals surface area contributed by atoms with Crippen molar-refractivity contribution in [2.45, 2.75) is 13.8 Å². The first-order valence-corrected chi connectivity index (χ1v) is 9.71. The molecule has 0 saturated carbocycles. The maximum atomic E-state index is 12.4. The van der Waals surface area contributed by atoms with Crippen LogP contribution in [0.2, 0.25) is 0 Å². The predicted molar refractivity (Wildman–Crippen MR) is 116 cm³/mol. The molecular formula is C25H23NO4. The zero-order chi connectivity index (χ0) is 21.5. The van der Waals surface area contributed by atoms with Gasteiger partial charge in [0.05, 0.1) is 0 Å². The van der Waals surface area contributed by atoms with Crippen molar-refractivity contribution in [2.75, 3.05) is 11.9 Å². The van der Waals surface area contributed by atoms with E-state index in [4.69, 9.17) is 4.74 Å². The minimum atomic E-state index is -0.179. The van der Waals surface area contributed by atoms with E-state index in [1.165, 1.54) is 0 Å². The summed E-state index contributed by atoms with van der Waals surface area (Å²) in [6.45, 7) is 3.51. The van der Waals surface area contributed by atoms with Gasteiger partial charge in [0.15, 0.2) is 18.2 Å². The van der Waals surface area contributed by atoms with Crippen molar-refractivity contribution >= 4 is 23.2 Å². The molecule has 3 rings (SSSR count). The summed E-state index contributed by atoms with van der Waals surface area (Å²) in [5.41, 5.74) is 2.31. The van der Waals surface area contributed by atoms with Crippen LogP contribution in [0.15, 0.2) is 78.9 Å². The van der Waals surface area contributed by atoms with Crippen LogP contribution in [0.3, 0.4) is 0 Å². The Morgan fingerprint density at radius 2 is 1.33 bits per heavy atom. The van der Waals surface area contributed by atoms with Crippen LogP contribution in [0.25, 0.3) is 0 Å². The second kappa shape index (κ2) is 9.65. The summed E-state index contributed by atoms with van der Waals surface area (Å²) in [6.07, 6.45) is 0. The fourth-order valence-electron chi connectivity index (χ4n) is 2.72. The van der Waals surface area contributed by atoms with Crippen molar-refractivity contribution < 1.29 is 19.1 Å². The average Bonchev–Trinajstić information content (AvgIpc) is 2.78. The van der Waals surface area contributed by atoms with Crippen molar-refractivity contribution in [3.8, 4) is 5.75 Å². The van der Waals surface area contributed by atoms with Crippen LogP contribution in [0.1, 0.15) is 40.1 Å². The van der Waals surface area contributed by atoms with E-state index in [1.807, 2.05) is 32.0 Å². The third-order valence-electron chi connectivity index (χ3n) is 4.52. The fraction of sp³-hybridized carbons (Fsp3) is 0.160. The molecule has 0 aliphatic heterocycles. The molecule has 0 heterocycles. The highest BCUT2D eigenvalue weighted by Gasteiger charge is 2.11. The van der Waals surface area contributed by atoms with Gasteiger partial charge in [-0.3, -0.25) is 14.4 Å². The SMILES string of the molecule is CC(C)C(=O)Nc1ccc(C(=O)COc2ccc(C(=O)c3ccccc3)cc2)cc1. The molecule has 0 radical (unpaired) electrons. The molecule has 0 bridgehead atoms. The van der Waals surface area contributed by atoms with Crippen LogP contribution in [0.4, 0.5) is 5.69 Å². The van der Waals surface area contributed by atoms with Crippen molar-refractivity contribution in [1.29, 1.82) is 0 Å². The maximum absolute atomic E-state index is 12.4. The van der Waals surface area contributed by atoms with Gasteiger partial charge >= 0.3 is 0 Å². The number of ketones is 2. The summed E-state index contributed by atoms with van der Waals surface area (Å²) in [5.74, 6) is 0.0681. The molecule has 0 fully saturated rings.